The van der Waals surface area contributed by atoms with Crippen LogP contribution in [-0.2, 0) is 0 Å². The standard InChI is InChI=1S/C17H33N/c1-12(2)17(5,11-18-13(3)4)10-16-9-14-6-7-15(16)8-14/h12-16,18H,6-11H2,1-5H3. The van der Waals surface area contributed by atoms with Crippen molar-refractivity contribution in [2.24, 2.45) is 29.1 Å². The van der Waals surface area contributed by atoms with Gasteiger partial charge < -0.3 is 5.32 Å². The van der Waals surface area contributed by atoms with Gasteiger partial charge in [-0.05, 0) is 54.8 Å². The predicted molar refractivity (Wildman–Crippen MR) is 79.6 cm³/mol. The van der Waals surface area contributed by atoms with Gasteiger partial charge in [-0.25, -0.2) is 0 Å². The lowest BCUT2D eigenvalue weighted by Crippen LogP contribution is -2.40. The average Bonchev–Trinajstić information content (AvgIpc) is 2.88. The number of hydrogen-bond acceptors (Lipinski definition) is 1. The molecule has 0 aromatic carbocycles. The van der Waals surface area contributed by atoms with Crippen LogP contribution in [0.3, 0.4) is 0 Å². The van der Waals surface area contributed by atoms with E-state index >= 15 is 0 Å². The Kier molecular flexibility index (Phi) is 4.41. The summed E-state index contributed by atoms with van der Waals surface area (Å²) in [5.41, 5.74) is 0.486. The van der Waals surface area contributed by atoms with Crippen molar-refractivity contribution < 1.29 is 0 Å². The molecule has 2 aliphatic rings. The van der Waals surface area contributed by atoms with Crippen molar-refractivity contribution in [3.05, 3.63) is 0 Å². The van der Waals surface area contributed by atoms with Gasteiger partial charge in [-0.1, -0.05) is 41.0 Å². The summed E-state index contributed by atoms with van der Waals surface area (Å²) < 4.78 is 0. The molecule has 1 nitrogen and oxygen atoms in total. The second-order valence-corrected chi connectivity index (χ2v) is 7.98. The summed E-state index contributed by atoms with van der Waals surface area (Å²) in [4.78, 5) is 0. The van der Waals surface area contributed by atoms with E-state index in [2.05, 4.69) is 39.9 Å². The quantitative estimate of drug-likeness (QED) is 0.734. The molecule has 0 radical (unpaired) electrons. The Morgan fingerprint density at radius 1 is 1.11 bits per heavy atom. The molecule has 2 fully saturated rings. The molecule has 1 N–H and O–H groups in total. The van der Waals surface area contributed by atoms with Gasteiger partial charge in [0.25, 0.3) is 0 Å². The van der Waals surface area contributed by atoms with Gasteiger partial charge in [0.15, 0.2) is 0 Å². The van der Waals surface area contributed by atoms with Crippen LogP contribution in [0.4, 0.5) is 0 Å². The normalized spacial score (nSPS) is 34.5. The van der Waals surface area contributed by atoms with E-state index in [1.165, 1.54) is 32.2 Å². The van der Waals surface area contributed by atoms with E-state index in [-0.39, 0.29) is 0 Å². The van der Waals surface area contributed by atoms with Crippen molar-refractivity contribution in [2.75, 3.05) is 6.54 Å². The van der Waals surface area contributed by atoms with Crippen LogP contribution in [0.5, 0.6) is 0 Å². The lowest BCUT2D eigenvalue weighted by molar-refractivity contribution is 0.128. The van der Waals surface area contributed by atoms with E-state index in [0.717, 1.165) is 23.7 Å². The minimum atomic E-state index is 0.486. The SMILES string of the molecule is CC(C)NCC(C)(CC1CC2CCC1C2)C(C)C. The molecule has 2 saturated carbocycles. The molecule has 2 bridgehead atoms. The second kappa shape index (κ2) is 5.53. The Balaban J connectivity index is 1.93. The maximum absolute atomic E-state index is 3.69. The van der Waals surface area contributed by atoms with E-state index in [4.69, 9.17) is 0 Å². The van der Waals surface area contributed by atoms with Crippen LogP contribution < -0.4 is 5.32 Å². The molecule has 0 heterocycles. The van der Waals surface area contributed by atoms with Crippen LogP contribution in [0.25, 0.3) is 0 Å². The summed E-state index contributed by atoms with van der Waals surface area (Å²) in [6.07, 6.45) is 7.60. The summed E-state index contributed by atoms with van der Waals surface area (Å²) in [6.45, 7) is 13.1. The molecule has 1 heteroatoms. The van der Waals surface area contributed by atoms with Crippen LogP contribution >= 0.6 is 0 Å². The lowest BCUT2D eigenvalue weighted by atomic mass is 9.69. The van der Waals surface area contributed by atoms with Crippen molar-refractivity contribution in [3.8, 4) is 0 Å². The smallest absolute Gasteiger partial charge is 0.00106 e. The molecule has 18 heavy (non-hydrogen) atoms. The summed E-state index contributed by atoms with van der Waals surface area (Å²) in [7, 11) is 0. The topological polar surface area (TPSA) is 12.0 Å². The first kappa shape index (κ1) is 14.4. The third-order valence-electron chi connectivity index (χ3n) is 5.92. The highest BCUT2D eigenvalue weighted by molar-refractivity contribution is 4.94. The maximum Gasteiger partial charge on any atom is 0.00106 e. The summed E-state index contributed by atoms with van der Waals surface area (Å²) >= 11 is 0. The van der Waals surface area contributed by atoms with E-state index in [9.17, 15) is 0 Å². The van der Waals surface area contributed by atoms with Crippen LogP contribution in [0.2, 0.25) is 0 Å². The molecule has 106 valence electrons. The van der Waals surface area contributed by atoms with Gasteiger partial charge in [0.1, 0.15) is 0 Å². The Morgan fingerprint density at radius 2 is 1.83 bits per heavy atom. The zero-order valence-electron chi connectivity index (χ0n) is 13.1. The van der Waals surface area contributed by atoms with E-state index in [0.29, 0.717) is 11.5 Å². The fraction of sp³-hybridized carbons (Fsp3) is 1.00. The Bertz CT molecular complexity index is 271. The van der Waals surface area contributed by atoms with E-state index in [1.807, 2.05) is 0 Å². The van der Waals surface area contributed by atoms with Gasteiger partial charge in [0.2, 0.25) is 0 Å². The first-order valence-corrected chi connectivity index (χ1v) is 8.14. The van der Waals surface area contributed by atoms with Crippen LogP contribution in [0.15, 0.2) is 0 Å². The van der Waals surface area contributed by atoms with Crippen molar-refractivity contribution in [2.45, 2.75) is 72.8 Å². The molecule has 0 spiro atoms. The summed E-state index contributed by atoms with van der Waals surface area (Å²) in [5, 5.41) is 3.69. The Morgan fingerprint density at radius 3 is 2.28 bits per heavy atom. The monoisotopic (exact) mass is 251 g/mol. The van der Waals surface area contributed by atoms with Gasteiger partial charge in [0, 0.05) is 12.6 Å². The zero-order chi connectivity index (χ0) is 13.3. The van der Waals surface area contributed by atoms with Gasteiger partial charge in [-0.15, -0.1) is 0 Å². The van der Waals surface area contributed by atoms with Crippen molar-refractivity contribution in [3.63, 3.8) is 0 Å². The molecular formula is C17H33N. The predicted octanol–water partition coefficient (Wildman–Crippen LogP) is 4.47. The molecule has 0 aromatic rings. The third-order valence-corrected chi connectivity index (χ3v) is 5.92. The molecular weight excluding hydrogens is 218 g/mol. The second-order valence-electron chi connectivity index (χ2n) is 7.98. The number of hydrogen-bond donors (Lipinski definition) is 1. The first-order chi connectivity index (χ1) is 8.40. The molecule has 4 atom stereocenters. The highest BCUT2D eigenvalue weighted by atomic mass is 14.9. The molecule has 0 aromatic heterocycles. The van der Waals surface area contributed by atoms with Crippen LogP contribution in [0.1, 0.15) is 66.7 Å². The summed E-state index contributed by atoms with van der Waals surface area (Å²) in [5.74, 6) is 3.98. The fourth-order valence-corrected chi connectivity index (χ4v) is 4.17. The number of nitrogens with one attached hydrogen (secondary N) is 1. The molecule has 2 rings (SSSR count). The Hall–Kier alpha value is -0.0400. The molecule has 0 aliphatic heterocycles. The molecule has 2 aliphatic carbocycles. The fourth-order valence-electron chi connectivity index (χ4n) is 4.17. The zero-order valence-corrected chi connectivity index (χ0v) is 13.1. The largest absolute Gasteiger partial charge is 0.314 e. The van der Waals surface area contributed by atoms with Crippen molar-refractivity contribution in [1.82, 2.24) is 5.32 Å². The van der Waals surface area contributed by atoms with Gasteiger partial charge in [0.05, 0.1) is 0 Å². The maximum atomic E-state index is 3.69. The first-order valence-electron chi connectivity index (χ1n) is 8.14. The van der Waals surface area contributed by atoms with Gasteiger partial charge in [-0.3, -0.25) is 0 Å². The summed E-state index contributed by atoms with van der Waals surface area (Å²) in [6, 6.07) is 0.614. The highest BCUT2D eigenvalue weighted by Gasteiger charge is 2.43. The van der Waals surface area contributed by atoms with Crippen molar-refractivity contribution >= 4 is 0 Å². The van der Waals surface area contributed by atoms with Gasteiger partial charge in [-0.2, -0.15) is 0 Å². The van der Waals surface area contributed by atoms with E-state index < -0.39 is 0 Å². The third kappa shape index (κ3) is 3.10. The molecule has 0 saturated heterocycles. The minimum absolute atomic E-state index is 0.486. The Labute approximate surface area is 114 Å². The van der Waals surface area contributed by atoms with Gasteiger partial charge >= 0.3 is 0 Å². The van der Waals surface area contributed by atoms with Crippen LogP contribution in [0, 0.1) is 29.1 Å². The van der Waals surface area contributed by atoms with Crippen molar-refractivity contribution in [1.29, 1.82) is 0 Å². The highest BCUT2D eigenvalue weighted by Crippen LogP contribution is 2.52. The van der Waals surface area contributed by atoms with E-state index in [1.54, 1.807) is 6.42 Å². The number of fused-ring (bicyclic) bond motifs is 2. The minimum Gasteiger partial charge on any atom is -0.314 e. The molecule has 0 amide bonds. The molecule has 4 unspecified atom stereocenters. The lowest BCUT2D eigenvalue weighted by Gasteiger charge is -2.39. The number of rotatable bonds is 6. The average molecular weight is 251 g/mol. The van der Waals surface area contributed by atoms with Crippen LogP contribution in [-0.4, -0.2) is 12.6 Å².